The molecule has 9 rings (SSSR count). The number of nitrogens with zero attached hydrogens (tertiary/aromatic N) is 4. The van der Waals surface area contributed by atoms with Crippen molar-refractivity contribution in [3.05, 3.63) is 216 Å². The molecule has 0 radical (unpaired) electrons. The number of methoxy groups -OCH3 is 2. The van der Waals surface area contributed by atoms with E-state index in [1.807, 2.05) is 0 Å². The first kappa shape index (κ1) is 88.1. The van der Waals surface area contributed by atoms with Crippen LogP contribution in [0.25, 0.3) is 0 Å². The van der Waals surface area contributed by atoms with Gasteiger partial charge in [0.15, 0.2) is 18.0 Å². The summed E-state index contributed by atoms with van der Waals surface area (Å²) < 4.78 is 235. The van der Waals surface area contributed by atoms with Crippen molar-refractivity contribution < 1.29 is 105 Å². The molecule has 0 spiro atoms. The van der Waals surface area contributed by atoms with Gasteiger partial charge in [0.25, 0.3) is 0 Å². The zero-order valence-corrected chi connectivity index (χ0v) is 65.2. The zero-order valence-electron chi connectivity index (χ0n) is 61.1. The van der Waals surface area contributed by atoms with Gasteiger partial charge in [0.2, 0.25) is 11.4 Å². The van der Waals surface area contributed by atoms with Crippen molar-refractivity contribution in [2.24, 2.45) is 5.41 Å². The predicted octanol–water partition coefficient (Wildman–Crippen LogP) is 18.5. The van der Waals surface area contributed by atoms with E-state index in [4.69, 9.17) is 21.1 Å². The Balaban J connectivity index is 0.000000241. The first-order valence-corrected chi connectivity index (χ1v) is 39.8. The van der Waals surface area contributed by atoms with Crippen LogP contribution in [0.3, 0.4) is 0 Å². The lowest BCUT2D eigenvalue weighted by molar-refractivity contribution is -0.441. The fourth-order valence-corrected chi connectivity index (χ4v) is 18.5. The van der Waals surface area contributed by atoms with Crippen LogP contribution in [0, 0.1) is 14.6 Å². The molecule has 0 N–H and O–H groups in total. The Hall–Kier alpha value is -6.83. The number of para-hydroxylation sites is 3. The molecule has 106 heavy (non-hydrogen) atoms. The van der Waals surface area contributed by atoms with Gasteiger partial charge in [-0.1, -0.05) is 152 Å². The molecule has 6 aliphatic rings. The van der Waals surface area contributed by atoms with E-state index in [1.54, 1.807) is 14.2 Å². The number of fused-ring (bicyclic) bond motifs is 3. The van der Waals surface area contributed by atoms with Gasteiger partial charge in [0, 0.05) is 101 Å². The Morgan fingerprint density at radius 3 is 1.46 bits per heavy atom. The summed E-state index contributed by atoms with van der Waals surface area (Å²) in [5.41, 5.74) is -5.71. The van der Waals surface area contributed by atoms with Crippen LogP contribution in [0.4, 0.5) is 69.7 Å². The maximum Gasteiger partial charge on any atom is 0.469 e. The SMILES string of the molecule is CCN1/C(=C/C=C/C=C/C=C/C2=[N+](CC)c3ccccc3C2(C)C)C(C)(C)c2ccccc21.COCCN1C(=CC=C2CCCC(C=CC3=[N+](CCOC)c4ccccc4C3(C)C)=C2Cl)C(C)(C)C2=C1C=CCC2.C[C-](S(=O)(=O)C(F)(F)F)S(=O)(=O)C(F)(F)F.C[C-](S(=O)(=O)C(F)(F)F)S(=O)(=O)C(F)(F)F. The highest BCUT2D eigenvalue weighted by Crippen LogP contribution is 2.52. The Morgan fingerprint density at radius 1 is 0.519 bits per heavy atom. The van der Waals surface area contributed by atoms with E-state index in [2.05, 4.69) is 240 Å². The lowest BCUT2D eigenvalue weighted by Gasteiger charge is -2.29. The van der Waals surface area contributed by atoms with Crippen LogP contribution in [0.2, 0.25) is 0 Å². The number of sulfone groups is 4. The van der Waals surface area contributed by atoms with Gasteiger partial charge in [-0.15, -0.1) is 0 Å². The largest absolute Gasteiger partial charge is 0.469 e. The van der Waals surface area contributed by atoms with Gasteiger partial charge in [-0.3, -0.25) is 33.7 Å². The molecule has 4 aliphatic heterocycles. The second-order valence-corrected chi connectivity index (χ2v) is 36.4. The smallest absolute Gasteiger partial charge is 0.383 e. The third-order valence-electron chi connectivity index (χ3n) is 19.2. The lowest BCUT2D eigenvalue weighted by atomic mass is 9.79. The molecule has 3 aromatic carbocycles. The molecule has 0 saturated heterocycles. The standard InChI is InChI=1S/C36H46ClN2O2.C31H37N2.2C4H3F6O4S2/c1-35(2)28-14-7-9-16-30(28)38(22-24-40-5)32(35)20-18-26-12-11-13-27(34(26)37)19-21-33-36(3,4)29-15-8-10-17-31(29)39(33)23-25-41-6;1-7-32-26-20-16-14-18-24(26)30(3,4)28(32)22-12-10-9-11-13-23-29-31(5,6)25-19-15-17-21-27(25)33(29)8-2;2*1-2(15(11,12)3(5,6)7)16(13,14)4(8,9)10/h7,9-10,14,16-21H,8,11-13,15,22-25H2,1-6H3;9-23H,7-8H2,1-6H3;2*1H3/q2*+1;2*-1. The minimum Gasteiger partial charge on any atom is -0.383 e. The van der Waals surface area contributed by atoms with Crippen molar-refractivity contribution in [1.82, 2.24) is 4.90 Å². The van der Waals surface area contributed by atoms with Gasteiger partial charge < -0.3 is 19.3 Å². The van der Waals surface area contributed by atoms with E-state index in [1.165, 1.54) is 79.0 Å². The quantitative estimate of drug-likeness (QED) is 0.0483. The van der Waals surface area contributed by atoms with E-state index in [0.717, 1.165) is 63.3 Å². The third-order valence-corrected chi connectivity index (χ3v) is 27.8. The topological polar surface area (TPSA) is 168 Å². The molecule has 0 bridgehead atoms. The van der Waals surface area contributed by atoms with Crippen LogP contribution in [0.15, 0.2) is 191 Å². The van der Waals surface area contributed by atoms with Crippen molar-refractivity contribution in [2.75, 3.05) is 58.5 Å². The fraction of sp³-hybridized carbons (Fsp3) is 0.440. The number of hydrogen-bond acceptors (Lipinski definition) is 12. The number of alkyl halides is 12. The normalized spacial score (nSPS) is 20.0. The average Bonchev–Trinajstić information content (AvgIpc) is 1.75. The molecule has 0 fully saturated rings. The van der Waals surface area contributed by atoms with E-state index >= 15 is 0 Å². The monoisotopic (exact) mass is 1600 g/mol. The van der Waals surface area contributed by atoms with Gasteiger partial charge in [-0.2, -0.15) is 75.7 Å². The van der Waals surface area contributed by atoms with Crippen molar-refractivity contribution in [1.29, 1.82) is 0 Å². The van der Waals surface area contributed by atoms with Gasteiger partial charge in [0.05, 0.1) is 17.4 Å². The molecule has 4 heterocycles. The number of hydrogen-bond donors (Lipinski definition) is 0. The molecule has 0 unspecified atom stereocenters. The lowest BCUT2D eigenvalue weighted by Crippen LogP contribution is -2.37. The van der Waals surface area contributed by atoms with Gasteiger partial charge in [-0.25, -0.2) is 0 Å². The van der Waals surface area contributed by atoms with E-state index < -0.39 is 70.5 Å². The van der Waals surface area contributed by atoms with Crippen LogP contribution in [-0.2, 0) is 65.1 Å². The van der Waals surface area contributed by atoms with Crippen LogP contribution in [0.5, 0.6) is 0 Å². The van der Waals surface area contributed by atoms with E-state index in [0.29, 0.717) is 13.2 Å². The Bertz CT molecular complexity index is 4470. The highest BCUT2D eigenvalue weighted by molar-refractivity contribution is 8.14. The molecule has 0 aromatic heterocycles. The van der Waals surface area contributed by atoms with Crippen molar-refractivity contribution in [2.45, 2.75) is 153 Å². The van der Waals surface area contributed by atoms with Gasteiger partial charge in [-0.05, 0) is 120 Å². The van der Waals surface area contributed by atoms with Crippen LogP contribution >= 0.6 is 11.6 Å². The van der Waals surface area contributed by atoms with Crippen molar-refractivity contribution in [3.8, 4) is 0 Å². The molecular weight excluding hydrogens is 1510 g/mol. The van der Waals surface area contributed by atoms with E-state index in [-0.39, 0.29) is 35.5 Å². The molecular formula is C75H89ClF12N4O10S4. The number of likely N-dealkylation sites (N-methyl/N-ethyl adjacent to an activating group) is 1. The maximum absolute atomic E-state index is 11.8. The Labute approximate surface area is 619 Å². The minimum atomic E-state index is -6.51. The summed E-state index contributed by atoms with van der Waals surface area (Å²) in [6, 6.07) is 26.3. The van der Waals surface area contributed by atoms with Crippen molar-refractivity contribution >= 4 is 79.4 Å². The molecule has 0 atom stereocenters. The van der Waals surface area contributed by atoms with Crippen LogP contribution in [0.1, 0.15) is 132 Å². The number of benzene rings is 3. The zero-order chi connectivity index (χ0) is 80.0. The van der Waals surface area contributed by atoms with Crippen molar-refractivity contribution in [3.63, 3.8) is 0 Å². The Morgan fingerprint density at radius 2 is 0.972 bits per heavy atom. The van der Waals surface area contributed by atoms with E-state index in [9.17, 15) is 86.4 Å². The molecule has 0 amide bonds. The first-order chi connectivity index (χ1) is 48.9. The summed E-state index contributed by atoms with van der Waals surface area (Å²) in [5.74, 6) is 0. The summed E-state index contributed by atoms with van der Waals surface area (Å²) in [5, 5.41) is 0.901. The molecule has 14 nitrogen and oxygen atoms in total. The van der Waals surface area contributed by atoms with Crippen LogP contribution in [-0.4, -0.2) is 135 Å². The summed E-state index contributed by atoms with van der Waals surface area (Å²) in [6.07, 6.45) is 34.3. The molecule has 3 aromatic rings. The summed E-state index contributed by atoms with van der Waals surface area (Å²) in [7, 11) is -22.5. The summed E-state index contributed by atoms with van der Waals surface area (Å²) >= 11 is 7.15. The molecule has 584 valence electrons. The number of anilines is 1. The number of rotatable bonds is 19. The number of halogens is 13. The third kappa shape index (κ3) is 18.0. The number of allylic oxidation sites excluding steroid dienone is 18. The molecule has 2 aliphatic carbocycles. The summed E-state index contributed by atoms with van der Waals surface area (Å²) in [6.45, 7) is 27.5. The second-order valence-electron chi connectivity index (χ2n) is 27.1. The second kappa shape index (κ2) is 33.6. The molecule has 0 saturated carbocycles. The minimum absolute atomic E-state index is 0.0101. The molecule has 31 heteroatoms. The average molecular weight is 1600 g/mol. The predicted molar refractivity (Wildman–Crippen MR) is 392 cm³/mol. The summed E-state index contributed by atoms with van der Waals surface area (Å²) in [4.78, 5) is 4.89. The first-order valence-electron chi connectivity index (χ1n) is 33.5. The number of ether oxygens (including phenoxy) is 2. The van der Waals surface area contributed by atoms with Gasteiger partial charge in [0.1, 0.15) is 52.5 Å². The highest BCUT2D eigenvalue weighted by atomic mass is 35.5. The van der Waals surface area contributed by atoms with Gasteiger partial charge >= 0.3 is 22.0 Å². The maximum atomic E-state index is 11.8. The van der Waals surface area contributed by atoms with Crippen LogP contribution < -0.4 is 4.90 Å². The highest BCUT2D eigenvalue weighted by Gasteiger charge is 2.54. The fourth-order valence-electron chi connectivity index (χ4n) is 13.4. The Kier molecular flexibility index (Phi) is 27.9.